The van der Waals surface area contributed by atoms with Crippen LogP contribution >= 0.6 is 11.8 Å². The van der Waals surface area contributed by atoms with Gasteiger partial charge in [0.05, 0.1) is 7.11 Å². The highest BCUT2D eigenvalue weighted by atomic mass is 32.2. The van der Waals surface area contributed by atoms with E-state index in [1.165, 1.54) is 25.7 Å². The van der Waals surface area contributed by atoms with Crippen LogP contribution in [0, 0.1) is 0 Å². The van der Waals surface area contributed by atoms with E-state index in [0.29, 0.717) is 12.6 Å². The summed E-state index contributed by atoms with van der Waals surface area (Å²) < 4.78 is 7.51. The van der Waals surface area contributed by atoms with Gasteiger partial charge in [-0.2, -0.15) is 0 Å². The number of aromatic nitrogens is 3. The Morgan fingerprint density at radius 3 is 2.93 bits per heavy atom. The maximum absolute atomic E-state index is 12.0. The molecule has 6 nitrogen and oxygen atoms in total. The monoisotopic (exact) mass is 400 g/mol. The zero-order valence-corrected chi connectivity index (χ0v) is 17.4. The Labute approximate surface area is 170 Å². The number of nitrogens with zero attached hydrogens (tertiary/aromatic N) is 3. The van der Waals surface area contributed by atoms with Gasteiger partial charge in [-0.05, 0) is 49.3 Å². The van der Waals surface area contributed by atoms with E-state index in [2.05, 4.69) is 20.1 Å². The lowest BCUT2D eigenvalue weighted by Crippen LogP contribution is -2.23. The summed E-state index contributed by atoms with van der Waals surface area (Å²) in [6.07, 6.45) is 12.1. The standard InChI is InChI=1S/C21H28N4O2S/c1-27-18-10-5-7-16(15-18)12-13-20(26)22-14-6-11-19-23-24-21(28-2)25(19)17-8-3-4-9-17/h5,7,10,12-13,15,17H,3-4,6,8-9,11,14H2,1-2H3,(H,22,26)/b13-12+. The van der Waals surface area contributed by atoms with Gasteiger partial charge in [-0.15, -0.1) is 10.2 Å². The van der Waals surface area contributed by atoms with Crippen molar-refractivity contribution in [2.45, 2.75) is 49.7 Å². The van der Waals surface area contributed by atoms with Gasteiger partial charge in [-0.1, -0.05) is 36.7 Å². The van der Waals surface area contributed by atoms with Gasteiger partial charge < -0.3 is 14.6 Å². The largest absolute Gasteiger partial charge is 0.497 e. The first-order valence-electron chi connectivity index (χ1n) is 9.79. The molecule has 150 valence electrons. The van der Waals surface area contributed by atoms with E-state index in [4.69, 9.17) is 4.74 Å². The van der Waals surface area contributed by atoms with Crippen molar-refractivity contribution in [2.24, 2.45) is 0 Å². The summed E-state index contributed by atoms with van der Waals surface area (Å²) in [7, 11) is 1.63. The fourth-order valence-corrected chi connectivity index (χ4v) is 4.15. The molecule has 1 N–H and O–H groups in total. The molecule has 0 radical (unpaired) electrons. The molecule has 7 heteroatoms. The van der Waals surface area contributed by atoms with Crippen LogP contribution in [0.1, 0.15) is 49.5 Å². The van der Waals surface area contributed by atoms with Gasteiger partial charge in [0.1, 0.15) is 11.6 Å². The van der Waals surface area contributed by atoms with Gasteiger partial charge in [0.15, 0.2) is 5.16 Å². The molecule has 1 saturated carbocycles. The first kappa shape index (κ1) is 20.5. The van der Waals surface area contributed by atoms with E-state index in [0.717, 1.165) is 35.1 Å². The number of carbonyl (C=O) groups excluding carboxylic acids is 1. The van der Waals surface area contributed by atoms with E-state index < -0.39 is 0 Å². The zero-order valence-electron chi connectivity index (χ0n) is 16.6. The molecule has 1 aromatic carbocycles. The highest BCUT2D eigenvalue weighted by Gasteiger charge is 2.23. The van der Waals surface area contributed by atoms with Crippen molar-refractivity contribution >= 4 is 23.7 Å². The van der Waals surface area contributed by atoms with Gasteiger partial charge in [0.2, 0.25) is 5.91 Å². The van der Waals surface area contributed by atoms with Gasteiger partial charge in [-0.25, -0.2) is 0 Å². The summed E-state index contributed by atoms with van der Waals surface area (Å²) in [6, 6.07) is 8.14. The third-order valence-corrected chi connectivity index (χ3v) is 5.65. The number of hydrogen-bond acceptors (Lipinski definition) is 5. The fraction of sp³-hybridized carbons (Fsp3) is 0.476. The molecule has 1 aliphatic carbocycles. The van der Waals surface area contributed by atoms with Crippen molar-refractivity contribution in [3.8, 4) is 5.75 Å². The molecule has 0 unspecified atom stereocenters. The summed E-state index contributed by atoms with van der Waals surface area (Å²) in [5.41, 5.74) is 0.934. The first-order chi connectivity index (χ1) is 13.7. The number of hydrogen-bond donors (Lipinski definition) is 1. The average molecular weight is 401 g/mol. The molecule has 1 fully saturated rings. The summed E-state index contributed by atoms with van der Waals surface area (Å²) in [4.78, 5) is 12.0. The van der Waals surface area contributed by atoms with Crippen LogP contribution in [0.4, 0.5) is 0 Å². The summed E-state index contributed by atoms with van der Waals surface area (Å²) in [5.74, 6) is 1.72. The lowest BCUT2D eigenvalue weighted by molar-refractivity contribution is -0.116. The second-order valence-electron chi connectivity index (χ2n) is 6.92. The van der Waals surface area contributed by atoms with Crippen molar-refractivity contribution in [1.29, 1.82) is 0 Å². The Hall–Kier alpha value is -2.28. The van der Waals surface area contributed by atoms with E-state index in [1.807, 2.05) is 30.5 Å². The molecule has 0 saturated heterocycles. The molecule has 0 aliphatic heterocycles. The molecular weight excluding hydrogens is 372 g/mol. The quantitative estimate of drug-likeness (QED) is 0.393. The molecule has 28 heavy (non-hydrogen) atoms. The van der Waals surface area contributed by atoms with Gasteiger partial charge in [0, 0.05) is 25.1 Å². The van der Waals surface area contributed by atoms with Crippen LogP contribution < -0.4 is 10.1 Å². The Balaban J connectivity index is 1.47. The average Bonchev–Trinajstić information content (AvgIpc) is 3.39. The number of carbonyl (C=O) groups is 1. The van der Waals surface area contributed by atoms with E-state index in [-0.39, 0.29) is 5.91 Å². The number of ether oxygens (including phenoxy) is 1. The smallest absolute Gasteiger partial charge is 0.243 e. The van der Waals surface area contributed by atoms with Crippen molar-refractivity contribution in [2.75, 3.05) is 19.9 Å². The predicted molar refractivity (Wildman–Crippen MR) is 113 cm³/mol. The summed E-state index contributed by atoms with van der Waals surface area (Å²) in [5, 5.41) is 12.7. The van der Waals surface area contributed by atoms with E-state index >= 15 is 0 Å². The summed E-state index contributed by atoms with van der Waals surface area (Å²) >= 11 is 1.66. The van der Waals surface area contributed by atoms with Crippen LogP contribution in [0.25, 0.3) is 6.08 Å². The second kappa shape index (κ2) is 10.3. The molecule has 1 aliphatic rings. The Morgan fingerprint density at radius 1 is 1.36 bits per heavy atom. The maximum atomic E-state index is 12.0. The van der Waals surface area contributed by atoms with Crippen LogP contribution in [-0.2, 0) is 11.2 Å². The van der Waals surface area contributed by atoms with Gasteiger partial charge in [-0.3, -0.25) is 4.79 Å². The van der Waals surface area contributed by atoms with Crippen molar-refractivity contribution in [1.82, 2.24) is 20.1 Å². The van der Waals surface area contributed by atoms with Crippen molar-refractivity contribution in [3.05, 3.63) is 41.7 Å². The number of amides is 1. The molecule has 1 amide bonds. The third kappa shape index (κ3) is 5.38. The molecule has 1 heterocycles. The molecule has 0 spiro atoms. The maximum Gasteiger partial charge on any atom is 0.243 e. The third-order valence-electron chi connectivity index (χ3n) is 5.00. The van der Waals surface area contributed by atoms with Crippen molar-refractivity contribution in [3.63, 3.8) is 0 Å². The Morgan fingerprint density at radius 2 is 2.18 bits per heavy atom. The molecule has 2 aromatic rings. The minimum absolute atomic E-state index is 0.0927. The number of nitrogens with one attached hydrogen (secondary N) is 1. The van der Waals surface area contributed by atoms with Gasteiger partial charge >= 0.3 is 0 Å². The Bertz CT molecular complexity index is 812. The minimum atomic E-state index is -0.0927. The topological polar surface area (TPSA) is 69.0 Å². The molecule has 1 aromatic heterocycles. The van der Waals surface area contributed by atoms with Crippen LogP contribution in [0.5, 0.6) is 5.75 Å². The molecule has 3 rings (SSSR count). The van der Waals surface area contributed by atoms with Crippen LogP contribution in [0.3, 0.4) is 0 Å². The zero-order chi connectivity index (χ0) is 19.8. The lowest BCUT2D eigenvalue weighted by Gasteiger charge is -2.16. The van der Waals surface area contributed by atoms with E-state index in [9.17, 15) is 4.79 Å². The van der Waals surface area contributed by atoms with Crippen LogP contribution in [0.15, 0.2) is 35.5 Å². The number of aryl methyl sites for hydroxylation is 1. The summed E-state index contributed by atoms with van der Waals surface area (Å²) in [6.45, 7) is 0.618. The molecule has 0 bridgehead atoms. The number of thioether (sulfide) groups is 1. The predicted octanol–water partition coefficient (Wildman–Crippen LogP) is 3.89. The van der Waals surface area contributed by atoms with E-state index in [1.54, 1.807) is 31.0 Å². The highest BCUT2D eigenvalue weighted by Crippen LogP contribution is 2.33. The van der Waals surface area contributed by atoms with Gasteiger partial charge in [0.25, 0.3) is 0 Å². The second-order valence-corrected chi connectivity index (χ2v) is 7.69. The van der Waals surface area contributed by atoms with Crippen molar-refractivity contribution < 1.29 is 9.53 Å². The number of benzene rings is 1. The number of methoxy groups -OCH3 is 1. The Kier molecular flexibility index (Phi) is 7.54. The fourth-order valence-electron chi connectivity index (χ4n) is 3.58. The number of rotatable bonds is 9. The molecular formula is C21H28N4O2S. The first-order valence-corrected chi connectivity index (χ1v) is 11.0. The van der Waals surface area contributed by atoms with Crippen LogP contribution in [-0.4, -0.2) is 40.6 Å². The molecule has 0 atom stereocenters. The lowest BCUT2D eigenvalue weighted by atomic mass is 10.2. The minimum Gasteiger partial charge on any atom is -0.497 e. The normalized spacial score (nSPS) is 14.6. The van der Waals surface area contributed by atoms with Crippen LogP contribution in [0.2, 0.25) is 0 Å². The SMILES string of the molecule is COc1cccc(/C=C/C(=O)NCCCc2nnc(SC)n2C2CCCC2)c1. The highest BCUT2D eigenvalue weighted by molar-refractivity contribution is 7.98.